The monoisotopic (exact) mass is 312 g/mol. The SMILES string of the molecule is O=C(CC1CCCNC1)Nc1ccc2nc(C3CCC3)[nH]c2c1. The van der Waals surface area contributed by atoms with Crippen LogP contribution in [0.1, 0.15) is 50.3 Å². The first-order valence-corrected chi connectivity index (χ1v) is 8.78. The van der Waals surface area contributed by atoms with Gasteiger partial charge in [0, 0.05) is 18.0 Å². The number of benzene rings is 1. The summed E-state index contributed by atoms with van der Waals surface area (Å²) < 4.78 is 0. The predicted octanol–water partition coefficient (Wildman–Crippen LogP) is 3.16. The number of carbonyl (C=O) groups is 1. The van der Waals surface area contributed by atoms with Gasteiger partial charge in [-0.25, -0.2) is 4.98 Å². The number of nitrogens with one attached hydrogen (secondary N) is 3. The van der Waals surface area contributed by atoms with Gasteiger partial charge < -0.3 is 15.6 Å². The molecular formula is C18H24N4O. The first kappa shape index (κ1) is 14.7. The summed E-state index contributed by atoms with van der Waals surface area (Å²) in [6, 6.07) is 5.94. The van der Waals surface area contributed by atoms with Crippen LogP contribution < -0.4 is 10.6 Å². The molecule has 4 rings (SSSR count). The largest absolute Gasteiger partial charge is 0.342 e. The Balaban J connectivity index is 1.42. The molecule has 0 radical (unpaired) electrons. The number of carbonyl (C=O) groups excluding carboxylic acids is 1. The van der Waals surface area contributed by atoms with Gasteiger partial charge >= 0.3 is 0 Å². The lowest BCUT2D eigenvalue weighted by Crippen LogP contribution is -2.32. The number of rotatable bonds is 4. The molecule has 0 spiro atoms. The maximum atomic E-state index is 12.2. The Hall–Kier alpha value is -1.88. The second kappa shape index (κ2) is 6.32. The molecule has 2 aliphatic rings. The second-order valence-corrected chi connectivity index (χ2v) is 6.95. The molecule has 122 valence electrons. The molecule has 2 aromatic rings. The van der Waals surface area contributed by atoms with Crippen molar-refractivity contribution >= 4 is 22.6 Å². The van der Waals surface area contributed by atoms with Crippen molar-refractivity contribution in [3.8, 4) is 0 Å². The molecule has 1 saturated heterocycles. The van der Waals surface area contributed by atoms with E-state index in [1.54, 1.807) is 0 Å². The lowest BCUT2D eigenvalue weighted by Gasteiger charge is -2.22. The summed E-state index contributed by atoms with van der Waals surface area (Å²) in [6.45, 7) is 2.04. The van der Waals surface area contributed by atoms with Crippen LogP contribution in [0.2, 0.25) is 0 Å². The molecule has 2 heterocycles. The quantitative estimate of drug-likeness (QED) is 0.812. The minimum atomic E-state index is 0.108. The molecule has 1 aliphatic carbocycles. The molecule has 1 unspecified atom stereocenters. The minimum Gasteiger partial charge on any atom is -0.342 e. The van der Waals surface area contributed by atoms with E-state index in [1.807, 2.05) is 18.2 Å². The molecule has 23 heavy (non-hydrogen) atoms. The number of anilines is 1. The molecular weight excluding hydrogens is 288 g/mol. The Morgan fingerprint density at radius 2 is 2.17 bits per heavy atom. The minimum absolute atomic E-state index is 0.108. The fraction of sp³-hybridized carbons (Fsp3) is 0.556. The summed E-state index contributed by atoms with van der Waals surface area (Å²) in [5, 5.41) is 6.39. The van der Waals surface area contributed by atoms with Crippen molar-refractivity contribution in [1.82, 2.24) is 15.3 Å². The van der Waals surface area contributed by atoms with Gasteiger partial charge in [0.05, 0.1) is 11.0 Å². The van der Waals surface area contributed by atoms with Gasteiger partial charge in [0.2, 0.25) is 5.91 Å². The number of aromatic nitrogens is 2. The smallest absolute Gasteiger partial charge is 0.224 e. The summed E-state index contributed by atoms with van der Waals surface area (Å²) in [5.74, 6) is 2.27. The van der Waals surface area contributed by atoms with Crippen LogP contribution in [0.5, 0.6) is 0 Å². The Kier molecular flexibility index (Phi) is 4.04. The third-order valence-electron chi connectivity index (χ3n) is 5.15. The van der Waals surface area contributed by atoms with E-state index in [1.165, 1.54) is 25.7 Å². The van der Waals surface area contributed by atoms with Crippen LogP contribution in [0.25, 0.3) is 11.0 Å². The highest BCUT2D eigenvalue weighted by Gasteiger charge is 2.22. The van der Waals surface area contributed by atoms with Crippen LogP contribution in [0, 0.1) is 5.92 Å². The van der Waals surface area contributed by atoms with E-state index in [4.69, 9.17) is 0 Å². The van der Waals surface area contributed by atoms with Gasteiger partial charge in [-0.3, -0.25) is 4.79 Å². The van der Waals surface area contributed by atoms with Crippen molar-refractivity contribution in [3.63, 3.8) is 0 Å². The maximum Gasteiger partial charge on any atom is 0.224 e. The van der Waals surface area contributed by atoms with Crippen LogP contribution >= 0.6 is 0 Å². The van der Waals surface area contributed by atoms with Gasteiger partial charge in [-0.15, -0.1) is 0 Å². The van der Waals surface area contributed by atoms with Crippen molar-refractivity contribution in [1.29, 1.82) is 0 Å². The molecule has 1 amide bonds. The third-order valence-corrected chi connectivity index (χ3v) is 5.15. The van der Waals surface area contributed by atoms with E-state index >= 15 is 0 Å². The summed E-state index contributed by atoms with van der Waals surface area (Å²) in [6.07, 6.45) is 6.69. The highest BCUT2D eigenvalue weighted by molar-refractivity contribution is 5.93. The molecule has 0 bridgehead atoms. The molecule has 1 aromatic carbocycles. The number of hydrogen-bond donors (Lipinski definition) is 3. The molecule has 1 aromatic heterocycles. The molecule has 5 nitrogen and oxygen atoms in total. The Labute approximate surface area is 136 Å². The fourth-order valence-corrected chi connectivity index (χ4v) is 3.55. The number of H-pyrrole nitrogens is 1. The highest BCUT2D eigenvalue weighted by Crippen LogP contribution is 2.35. The normalized spacial score (nSPS) is 22.0. The van der Waals surface area contributed by atoms with Gasteiger partial charge in [-0.1, -0.05) is 6.42 Å². The second-order valence-electron chi connectivity index (χ2n) is 6.95. The molecule has 5 heteroatoms. The first-order chi connectivity index (χ1) is 11.3. The highest BCUT2D eigenvalue weighted by atomic mass is 16.1. The van der Waals surface area contributed by atoms with Crippen LogP contribution in [0.4, 0.5) is 5.69 Å². The Morgan fingerprint density at radius 3 is 2.91 bits per heavy atom. The Bertz CT molecular complexity index is 698. The van der Waals surface area contributed by atoms with Crippen molar-refractivity contribution in [2.45, 2.75) is 44.4 Å². The molecule has 1 atom stereocenters. The molecule has 1 saturated carbocycles. The van der Waals surface area contributed by atoms with E-state index in [2.05, 4.69) is 20.6 Å². The standard InChI is InChI=1S/C18H24N4O/c23-17(9-12-3-2-8-19-11-12)20-14-6-7-15-16(10-14)22-18(21-15)13-4-1-5-13/h6-7,10,12-13,19H,1-5,8-9,11H2,(H,20,23)(H,21,22). The molecule has 3 N–H and O–H groups in total. The summed E-state index contributed by atoms with van der Waals surface area (Å²) in [4.78, 5) is 20.3. The lowest BCUT2D eigenvalue weighted by molar-refractivity contribution is -0.117. The van der Waals surface area contributed by atoms with Gasteiger partial charge in [-0.2, -0.15) is 0 Å². The average Bonchev–Trinajstić information content (AvgIpc) is 2.88. The average molecular weight is 312 g/mol. The maximum absolute atomic E-state index is 12.2. The van der Waals surface area contributed by atoms with Crippen LogP contribution in [-0.4, -0.2) is 29.0 Å². The van der Waals surface area contributed by atoms with E-state index in [-0.39, 0.29) is 5.91 Å². The van der Waals surface area contributed by atoms with Crippen molar-refractivity contribution < 1.29 is 4.79 Å². The topological polar surface area (TPSA) is 69.8 Å². The number of nitrogens with zero attached hydrogens (tertiary/aromatic N) is 1. The van der Waals surface area contributed by atoms with Crippen LogP contribution in [0.15, 0.2) is 18.2 Å². The molecule has 2 fully saturated rings. The van der Waals surface area contributed by atoms with Crippen molar-refractivity contribution in [2.75, 3.05) is 18.4 Å². The number of hydrogen-bond acceptors (Lipinski definition) is 3. The summed E-state index contributed by atoms with van der Waals surface area (Å²) in [7, 11) is 0. The van der Waals surface area contributed by atoms with E-state index < -0.39 is 0 Å². The van der Waals surface area contributed by atoms with E-state index in [9.17, 15) is 4.79 Å². The van der Waals surface area contributed by atoms with Crippen molar-refractivity contribution in [2.24, 2.45) is 5.92 Å². The van der Waals surface area contributed by atoms with Gasteiger partial charge in [-0.05, 0) is 62.9 Å². The number of aromatic amines is 1. The predicted molar refractivity (Wildman–Crippen MR) is 91.5 cm³/mol. The zero-order valence-electron chi connectivity index (χ0n) is 13.4. The lowest BCUT2D eigenvalue weighted by atomic mass is 9.85. The summed E-state index contributed by atoms with van der Waals surface area (Å²) >= 11 is 0. The third kappa shape index (κ3) is 3.24. The number of imidazole rings is 1. The number of amides is 1. The van der Waals surface area contributed by atoms with E-state index in [0.29, 0.717) is 18.3 Å². The molecule has 1 aliphatic heterocycles. The Morgan fingerprint density at radius 1 is 1.26 bits per heavy atom. The number of piperidine rings is 1. The van der Waals surface area contributed by atoms with Crippen molar-refractivity contribution in [3.05, 3.63) is 24.0 Å². The number of fused-ring (bicyclic) bond motifs is 1. The van der Waals surface area contributed by atoms with Gasteiger partial charge in [0.25, 0.3) is 0 Å². The zero-order valence-corrected chi connectivity index (χ0v) is 13.4. The van der Waals surface area contributed by atoms with Crippen LogP contribution in [0.3, 0.4) is 0 Å². The van der Waals surface area contributed by atoms with Gasteiger partial charge in [0.15, 0.2) is 0 Å². The fourth-order valence-electron chi connectivity index (χ4n) is 3.55. The van der Waals surface area contributed by atoms with Gasteiger partial charge in [0.1, 0.15) is 5.82 Å². The summed E-state index contributed by atoms with van der Waals surface area (Å²) in [5.41, 5.74) is 2.86. The van der Waals surface area contributed by atoms with E-state index in [0.717, 1.165) is 42.1 Å². The van der Waals surface area contributed by atoms with Crippen LogP contribution in [-0.2, 0) is 4.79 Å². The zero-order chi connectivity index (χ0) is 15.6. The first-order valence-electron chi connectivity index (χ1n) is 8.78.